The van der Waals surface area contributed by atoms with Gasteiger partial charge in [-0.3, -0.25) is 5.32 Å². The largest absolute Gasteiger partial charge is 0.462 e. The van der Waals surface area contributed by atoms with Crippen LogP contribution in [0.25, 0.3) is 0 Å². The average molecular weight is 304 g/mol. The molecule has 2 rings (SSSR count). The van der Waals surface area contributed by atoms with E-state index < -0.39 is 12.1 Å². The first-order chi connectivity index (χ1) is 10.6. The summed E-state index contributed by atoms with van der Waals surface area (Å²) in [7, 11) is 0. The first kappa shape index (κ1) is 15.6. The lowest BCUT2D eigenvalue weighted by atomic mass is 10.2. The fourth-order valence-corrected chi connectivity index (χ4v) is 1.75. The Labute approximate surface area is 127 Å². The summed E-state index contributed by atoms with van der Waals surface area (Å²) < 4.78 is 14.9. The molecule has 0 radical (unpaired) electrons. The summed E-state index contributed by atoms with van der Waals surface area (Å²) in [4.78, 5) is 23.5. The van der Waals surface area contributed by atoms with E-state index in [1.54, 1.807) is 13.8 Å². The predicted octanol–water partition coefficient (Wildman–Crippen LogP) is 2.91. The molecular weight excluding hydrogens is 288 g/mol. The first-order valence-corrected chi connectivity index (χ1v) is 6.73. The van der Waals surface area contributed by atoms with Crippen LogP contribution in [0.15, 0.2) is 34.9 Å². The van der Waals surface area contributed by atoms with E-state index in [2.05, 4.69) is 10.5 Å². The van der Waals surface area contributed by atoms with Crippen molar-refractivity contribution in [3.63, 3.8) is 0 Å². The van der Waals surface area contributed by atoms with Crippen molar-refractivity contribution in [2.24, 2.45) is 0 Å². The second-order valence-electron chi connectivity index (χ2n) is 4.38. The standard InChI is InChI=1S/C15H16N2O5/c1-3-20-14(18)12-10(2)17-22-13(12)16-15(19)21-9-11-7-5-4-6-8-11/h4-8H,3,9H2,1-2H3,(H,16,19). The maximum atomic E-state index is 11.8. The molecule has 0 unspecified atom stereocenters. The quantitative estimate of drug-likeness (QED) is 0.854. The Bertz CT molecular complexity index is 651. The maximum absolute atomic E-state index is 11.8. The van der Waals surface area contributed by atoms with E-state index in [1.807, 2.05) is 30.3 Å². The second kappa shape index (κ2) is 7.26. The number of benzene rings is 1. The van der Waals surface area contributed by atoms with Gasteiger partial charge < -0.3 is 14.0 Å². The van der Waals surface area contributed by atoms with Gasteiger partial charge in [0, 0.05) is 0 Å². The van der Waals surface area contributed by atoms with E-state index in [0.717, 1.165) is 5.56 Å². The van der Waals surface area contributed by atoms with Crippen LogP contribution in [-0.2, 0) is 16.1 Å². The lowest BCUT2D eigenvalue weighted by molar-refractivity contribution is 0.0526. The summed E-state index contributed by atoms with van der Waals surface area (Å²) in [6.07, 6.45) is -0.745. The fourth-order valence-electron chi connectivity index (χ4n) is 1.75. The van der Waals surface area contributed by atoms with Gasteiger partial charge in [-0.15, -0.1) is 0 Å². The highest BCUT2D eigenvalue weighted by atomic mass is 16.6. The van der Waals surface area contributed by atoms with Crippen molar-refractivity contribution in [2.45, 2.75) is 20.5 Å². The number of hydrogen-bond acceptors (Lipinski definition) is 6. The zero-order valence-electron chi connectivity index (χ0n) is 12.3. The van der Waals surface area contributed by atoms with Crippen LogP contribution in [-0.4, -0.2) is 23.8 Å². The molecule has 2 aromatic rings. The van der Waals surface area contributed by atoms with E-state index in [4.69, 9.17) is 14.0 Å². The molecule has 0 aliphatic rings. The molecule has 0 aliphatic heterocycles. The average Bonchev–Trinajstić information content (AvgIpc) is 2.87. The van der Waals surface area contributed by atoms with Crippen molar-refractivity contribution >= 4 is 17.9 Å². The van der Waals surface area contributed by atoms with Gasteiger partial charge in [-0.2, -0.15) is 0 Å². The topological polar surface area (TPSA) is 90.7 Å². The van der Waals surface area contributed by atoms with Gasteiger partial charge >= 0.3 is 12.1 Å². The number of amides is 1. The Morgan fingerprint density at radius 3 is 2.64 bits per heavy atom. The van der Waals surface area contributed by atoms with Gasteiger partial charge in [0.2, 0.25) is 5.88 Å². The number of hydrogen-bond donors (Lipinski definition) is 1. The van der Waals surface area contributed by atoms with E-state index in [9.17, 15) is 9.59 Å². The smallest absolute Gasteiger partial charge is 0.414 e. The zero-order chi connectivity index (χ0) is 15.9. The van der Waals surface area contributed by atoms with Crippen LogP contribution in [0.3, 0.4) is 0 Å². The Morgan fingerprint density at radius 1 is 1.23 bits per heavy atom. The van der Waals surface area contributed by atoms with Gasteiger partial charge in [-0.05, 0) is 19.4 Å². The zero-order valence-corrected chi connectivity index (χ0v) is 12.3. The van der Waals surface area contributed by atoms with Crippen LogP contribution < -0.4 is 5.32 Å². The summed E-state index contributed by atoms with van der Waals surface area (Å²) in [5, 5.41) is 5.99. The Morgan fingerprint density at radius 2 is 1.95 bits per heavy atom. The number of ether oxygens (including phenoxy) is 2. The van der Waals surface area contributed by atoms with Crippen LogP contribution in [0.2, 0.25) is 0 Å². The number of nitrogens with one attached hydrogen (secondary N) is 1. The van der Waals surface area contributed by atoms with Gasteiger partial charge in [0.15, 0.2) is 0 Å². The molecule has 7 heteroatoms. The summed E-state index contributed by atoms with van der Waals surface area (Å²) in [6.45, 7) is 3.58. The van der Waals surface area contributed by atoms with Crippen LogP contribution in [0.1, 0.15) is 28.5 Å². The molecule has 116 valence electrons. The van der Waals surface area contributed by atoms with Crippen LogP contribution in [0, 0.1) is 6.92 Å². The molecular formula is C15H16N2O5. The highest BCUT2D eigenvalue weighted by molar-refractivity contribution is 5.98. The number of anilines is 1. The van der Waals surface area contributed by atoms with Crippen molar-refractivity contribution < 1.29 is 23.6 Å². The number of aryl methyl sites for hydroxylation is 1. The van der Waals surface area contributed by atoms with E-state index in [-0.39, 0.29) is 24.7 Å². The maximum Gasteiger partial charge on any atom is 0.414 e. The van der Waals surface area contributed by atoms with Crippen molar-refractivity contribution in [2.75, 3.05) is 11.9 Å². The number of carbonyl (C=O) groups excluding carboxylic acids is 2. The van der Waals surface area contributed by atoms with Gasteiger partial charge in [0.25, 0.3) is 0 Å². The highest BCUT2D eigenvalue weighted by Gasteiger charge is 2.23. The fraction of sp³-hybridized carbons (Fsp3) is 0.267. The predicted molar refractivity (Wildman–Crippen MR) is 77.4 cm³/mol. The molecule has 0 saturated heterocycles. The first-order valence-electron chi connectivity index (χ1n) is 6.73. The molecule has 0 saturated carbocycles. The normalized spacial score (nSPS) is 10.1. The summed E-state index contributed by atoms with van der Waals surface area (Å²) in [5.41, 5.74) is 1.26. The second-order valence-corrected chi connectivity index (χ2v) is 4.38. The van der Waals surface area contributed by atoms with Gasteiger partial charge in [-0.1, -0.05) is 35.5 Å². The van der Waals surface area contributed by atoms with Crippen molar-refractivity contribution in [3.8, 4) is 0 Å². The molecule has 7 nitrogen and oxygen atoms in total. The van der Waals surface area contributed by atoms with E-state index in [0.29, 0.717) is 5.69 Å². The van der Waals surface area contributed by atoms with Crippen molar-refractivity contribution in [1.82, 2.24) is 5.16 Å². The Balaban J connectivity index is 1.98. The van der Waals surface area contributed by atoms with Crippen LogP contribution in [0.5, 0.6) is 0 Å². The van der Waals surface area contributed by atoms with Crippen molar-refractivity contribution in [3.05, 3.63) is 47.2 Å². The molecule has 1 aromatic heterocycles. The van der Waals surface area contributed by atoms with Crippen LogP contribution in [0.4, 0.5) is 10.7 Å². The highest BCUT2D eigenvalue weighted by Crippen LogP contribution is 2.20. The van der Waals surface area contributed by atoms with E-state index in [1.165, 1.54) is 0 Å². The third kappa shape index (κ3) is 3.85. The molecule has 22 heavy (non-hydrogen) atoms. The minimum atomic E-state index is -0.745. The van der Waals surface area contributed by atoms with Gasteiger partial charge in [0.1, 0.15) is 12.2 Å². The number of rotatable bonds is 5. The van der Waals surface area contributed by atoms with Gasteiger partial charge in [-0.25, -0.2) is 9.59 Å². The Hall–Kier alpha value is -2.83. The van der Waals surface area contributed by atoms with E-state index >= 15 is 0 Å². The van der Waals surface area contributed by atoms with Crippen LogP contribution >= 0.6 is 0 Å². The summed E-state index contributed by atoms with van der Waals surface area (Å²) in [5.74, 6) is -0.700. The van der Waals surface area contributed by atoms with Gasteiger partial charge in [0.05, 0.1) is 12.3 Å². The molecule has 1 amide bonds. The number of aromatic nitrogens is 1. The van der Waals surface area contributed by atoms with Crippen molar-refractivity contribution in [1.29, 1.82) is 0 Å². The molecule has 0 aliphatic carbocycles. The SMILES string of the molecule is CCOC(=O)c1c(C)noc1NC(=O)OCc1ccccc1. The third-order valence-electron chi connectivity index (χ3n) is 2.77. The number of carbonyl (C=O) groups is 2. The summed E-state index contributed by atoms with van der Waals surface area (Å²) >= 11 is 0. The number of nitrogens with zero attached hydrogens (tertiary/aromatic N) is 1. The Kier molecular flexibility index (Phi) is 5.13. The molecule has 0 bridgehead atoms. The minimum Gasteiger partial charge on any atom is -0.462 e. The lowest BCUT2D eigenvalue weighted by Crippen LogP contribution is -2.16. The lowest BCUT2D eigenvalue weighted by Gasteiger charge is -2.06. The minimum absolute atomic E-state index is 0.0820. The molecule has 1 aromatic carbocycles. The summed E-state index contributed by atoms with van der Waals surface area (Å²) in [6, 6.07) is 9.21. The number of esters is 1. The molecule has 1 N–H and O–H groups in total. The monoisotopic (exact) mass is 304 g/mol. The molecule has 0 fully saturated rings. The molecule has 1 heterocycles. The third-order valence-corrected chi connectivity index (χ3v) is 2.77. The molecule has 0 atom stereocenters. The molecule has 0 spiro atoms.